The van der Waals surface area contributed by atoms with Gasteiger partial charge in [0, 0.05) is 5.56 Å². The highest BCUT2D eigenvalue weighted by atomic mass is 16.3. The number of furan rings is 1. The second-order valence-corrected chi connectivity index (χ2v) is 3.40. The summed E-state index contributed by atoms with van der Waals surface area (Å²) in [5.41, 5.74) is 9.36. The number of hydrogen-bond acceptors (Lipinski definition) is 2. The van der Waals surface area contributed by atoms with Gasteiger partial charge in [0.2, 0.25) is 0 Å². The van der Waals surface area contributed by atoms with E-state index in [-0.39, 0.29) is 6.04 Å². The van der Waals surface area contributed by atoms with Gasteiger partial charge in [0.05, 0.1) is 18.6 Å². The zero-order valence-electron chi connectivity index (χ0n) is 8.10. The van der Waals surface area contributed by atoms with Gasteiger partial charge < -0.3 is 10.2 Å². The summed E-state index contributed by atoms with van der Waals surface area (Å²) < 4.78 is 5.11. The smallest absolute Gasteiger partial charge is 0.0956 e. The molecule has 0 saturated heterocycles. The van der Waals surface area contributed by atoms with Gasteiger partial charge in [-0.1, -0.05) is 30.3 Å². The Morgan fingerprint density at radius 1 is 1.14 bits per heavy atom. The Labute approximate surface area is 83.4 Å². The lowest BCUT2D eigenvalue weighted by Gasteiger charge is -2.10. The number of rotatable bonds is 2. The highest BCUT2D eigenvalue weighted by Gasteiger charge is 2.12. The maximum Gasteiger partial charge on any atom is 0.0956 e. The summed E-state index contributed by atoms with van der Waals surface area (Å²) in [5.74, 6) is 0. The van der Waals surface area contributed by atoms with E-state index in [0.717, 1.165) is 16.7 Å². The first-order valence-electron chi connectivity index (χ1n) is 4.62. The van der Waals surface area contributed by atoms with Crippen molar-refractivity contribution in [1.29, 1.82) is 0 Å². The first-order chi connectivity index (χ1) is 6.79. The maximum atomic E-state index is 6.10. The molecule has 0 aliphatic heterocycles. The Morgan fingerprint density at radius 2 is 1.86 bits per heavy atom. The molecule has 2 heteroatoms. The molecule has 0 spiro atoms. The molecule has 0 bridgehead atoms. The number of aryl methyl sites for hydroxylation is 1. The minimum absolute atomic E-state index is 0.0880. The van der Waals surface area contributed by atoms with Gasteiger partial charge in [0.25, 0.3) is 0 Å². The van der Waals surface area contributed by atoms with Crippen molar-refractivity contribution in [3.63, 3.8) is 0 Å². The summed E-state index contributed by atoms with van der Waals surface area (Å²) >= 11 is 0. The van der Waals surface area contributed by atoms with Gasteiger partial charge in [0.1, 0.15) is 0 Å². The van der Waals surface area contributed by atoms with E-state index in [1.54, 1.807) is 12.5 Å². The van der Waals surface area contributed by atoms with Crippen LogP contribution < -0.4 is 5.73 Å². The summed E-state index contributed by atoms with van der Waals surface area (Å²) in [6, 6.07) is 9.93. The molecule has 2 rings (SSSR count). The molecule has 14 heavy (non-hydrogen) atoms. The summed E-state index contributed by atoms with van der Waals surface area (Å²) in [4.78, 5) is 0. The molecule has 0 aliphatic rings. The molecule has 0 amide bonds. The Kier molecular flexibility index (Phi) is 2.37. The van der Waals surface area contributed by atoms with Crippen LogP contribution in [0.5, 0.6) is 0 Å². The third-order valence-corrected chi connectivity index (χ3v) is 2.39. The van der Waals surface area contributed by atoms with E-state index in [1.807, 2.05) is 37.3 Å². The highest BCUT2D eigenvalue weighted by Crippen LogP contribution is 2.22. The Hall–Kier alpha value is -1.54. The summed E-state index contributed by atoms with van der Waals surface area (Å²) in [5, 5.41) is 0. The highest BCUT2D eigenvalue weighted by molar-refractivity contribution is 5.33. The standard InChI is InChI=1S/C12H13NO/c1-9-7-14-8-11(9)12(13)10-5-3-2-4-6-10/h2-8,12H,13H2,1H3. The largest absolute Gasteiger partial charge is 0.472 e. The van der Waals surface area contributed by atoms with Gasteiger partial charge in [0.15, 0.2) is 0 Å². The maximum absolute atomic E-state index is 6.10. The van der Waals surface area contributed by atoms with Crippen LogP contribution in [0.3, 0.4) is 0 Å². The molecule has 1 aromatic heterocycles. The molecule has 1 heterocycles. The van der Waals surface area contributed by atoms with E-state index in [4.69, 9.17) is 10.2 Å². The van der Waals surface area contributed by atoms with Crippen LogP contribution >= 0.6 is 0 Å². The lowest BCUT2D eigenvalue weighted by molar-refractivity contribution is 0.561. The molecule has 1 atom stereocenters. The van der Waals surface area contributed by atoms with Crippen LogP contribution in [0.15, 0.2) is 47.3 Å². The van der Waals surface area contributed by atoms with E-state index in [1.165, 1.54) is 0 Å². The quantitative estimate of drug-likeness (QED) is 0.785. The molecular formula is C12H13NO. The minimum Gasteiger partial charge on any atom is -0.472 e. The molecule has 0 fully saturated rings. The predicted molar refractivity (Wildman–Crippen MR) is 55.9 cm³/mol. The second kappa shape index (κ2) is 3.68. The normalized spacial score (nSPS) is 12.7. The fourth-order valence-corrected chi connectivity index (χ4v) is 1.53. The number of hydrogen-bond donors (Lipinski definition) is 1. The average Bonchev–Trinajstić information content (AvgIpc) is 2.65. The van der Waals surface area contributed by atoms with Crippen molar-refractivity contribution in [3.8, 4) is 0 Å². The molecule has 0 radical (unpaired) electrons. The van der Waals surface area contributed by atoms with Gasteiger partial charge in [-0.15, -0.1) is 0 Å². The summed E-state index contributed by atoms with van der Waals surface area (Å²) in [7, 11) is 0. The average molecular weight is 187 g/mol. The Morgan fingerprint density at radius 3 is 2.43 bits per heavy atom. The third kappa shape index (κ3) is 1.56. The van der Waals surface area contributed by atoms with E-state index in [9.17, 15) is 0 Å². The molecule has 0 aliphatic carbocycles. The van der Waals surface area contributed by atoms with Crippen molar-refractivity contribution in [1.82, 2.24) is 0 Å². The SMILES string of the molecule is Cc1cocc1C(N)c1ccccc1. The first-order valence-corrected chi connectivity index (χ1v) is 4.62. The van der Waals surface area contributed by atoms with Crippen molar-refractivity contribution in [3.05, 3.63) is 59.5 Å². The van der Waals surface area contributed by atoms with Gasteiger partial charge in [-0.3, -0.25) is 0 Å². The van der Waals surface area contributed by atoms with Crippen LogP contribution in [0.2, 0.25) is 0 Å². The fraction of sp³-hybridized carbons (Fsp3) is 0.167. The van der Waals surface area contributed by atoms with Crippen LogP contribution in [-0.4, -0.2) is 0 Å². The zero-order valence-corrected chi connectivity index (χ0v) is 8.10. The first kappa shape index (κ1) is 9.03. The topological polar surface area (TPSA) is 39.2 Å². The second-order valence-electron chi connectivity index (χ2n) is 3.40. The van der Waals surface area contributed by atoms with Crippen molar-refractivity contribution < 1.29 is 4.42 Å². The molecule has 2 nitrogen and oxygen atoms in total. The van der Waals surface area contributed by atoms with Crippen LogP contribution in [0.4, 0.5) is 0 Å². The van der Waals surface area contributed by atoms with Gasteiger partial charge >= 0.3 is 0 Å². The molecule has 2 N–H and O–H groups in total. The zero-order chi connectivity index (χ0) is 9.97. The monoisotopic (exact) mass is 187 g/mol. The van der Waals surface area contributed by atoms with Crippen molar-refractivity contribution >= 4 is 0 Å². The molecule has 72 valence electrons. The number of nitrogens with two attached hydrogens (primary N) is 1. The number of benzene rings is 1. The lowest BCUT2D eigenvalue weighted by atomic mass is 10.00. The Balaban J connectivity index is 2.34. The lowest BCUT2D eigenvalue weighted by Crippen LogP contribution is -2.11. The van der Waals surface area contributed by atoms with Gasteiger partial charge in [-0.2, -0.15) is 0 Å². The van der Waals surface area contributed by atoms with Crippen LogP contribution in [0.1, 0.15) is 22.7 Å². The van der Waals surface area contributed by atoms with Crippen LogP contribution in [-0.2, 0) is 0 Å². The predicted octanol–water partition coefficient (Wildman–Crippen LogP) is 2.64. The van der Waals surface area contributed by atoms with Gasteiger partial charge in [-0.25, -0.2) is 0 Å². The van der Waals surface area contributed by atoms with Crippen molar-refractivity contribution in [2.75, 3.05) is 0 Å². The fourth-order valence-electron chi connectivity index (χ4n) is 1.53. The Bertz CT molecular complexity index is 405. The summed E-state index contributed by atoms with van der Waals surface area (Å²) in [6.07, 6.45) is 3.44. The van der Waals surface area contributed by atoms with Gasteiger partial charge in [-0.05, 0) is 18.1 Å². The molecule has 0 saturated carbocycles. The van der Waals surface area contributed by atoms with Crippen LogP contribution in [0.25, 0.3) is 0 Å². The molecule has 2 aromatic rings. The van der Waals surface area contributed by atoms with Crippen molar-refractivity contribution in [2.24, 2.45) is 5.73 Å². The van der Waals surface area contributed by atoms with E-state index < -0.39 is 0 Å². The van der Waals surface area contributed by atoms with Crippen LogP contribution in [0, 0.1) is 6.92 Å². The third-order valence-electron chi connectivity index (χ3n) is 2.39. The van der Waals surface area contributed by atoms with E-state index in [0.29, 0.717) is 0 Å². The summed E-state index contributed by atoms with van der Waals surface area (Å²) in [6.45, 7) is 2.00. The molecular weight excluding hydrogens is 174 g/mol. The van der Waals surface area contributed by atoms with E-state index in [2.05, 4.69) is 0 Å². The molecule has 1 unspecified atom stereocenters. The minimum atomic E-state index is -0.0880. The molecule has 1 aromatic carbocycles. The van der Waals surface area contributed by atoms with Crippen molar-refractivity contribution in [2.45, 2.75) is 13.0 Å². The van der Waals surface area contributed by atoms with E-state index >= 15 is 0 Å².